The van der Waals surface area contributed by atoms with Crippen LogP contribution in [0.3, 0.4) is 0 Å². The zero-order chi connectivity index (χ0) is 20.9. The number of nitrogens with zero attached hydrogens (tertiary/aromatic N) is 1. The Morgan fingerprint density at radius 1 is 1.03 bits per heavy atom. The van der Waals surface area contributed by atoms with E-state index in [-0.39, 0.29) is 5.82 Å². The number of benzene rings is 2. The summed E-state index contributed by atoms with van der Waals surface area (Å²) in [6, 6.07) is 13.7. The Kier molecular flexibility index (Phi) is 7.30. The maximum absolute atomic E-state index is 13.3. The van der Waals surface area contributed by atoms with E-state index in [1.165, 1.54) is 12.1 Å². The van der Waals surface area contributed by atoms with Gasteiger partial charge in [-0.05, 0) is 55.6 Å². The van der Waals surface area contributed by atoms with Crippen LogP contribution in [0.2, 0.25) is 5.02 Å². The van der Waals surface area contributed by atoms with Crippen molar-refractivity contribution in [2.45, 2.75) is 37.1 Å². The van der Waals surface area contributed by atoms with Gasteiger partial charge in [0.2, 0.25) is 0 Å². The van der Waals surface area contributed by atoms with Crippen LogP contribution >= 0.6 is 11.6 Å². The lowest BCUT2D eigenvalue weighted by Crippen LogP contribution is -2.43. The van der Waals surface area contributed by atoms with E-state index < -0.39 is 11.4 Å². The third kappa shape index (κ3) is 5.16. The van der Waals surface area contributed by atoms with Crippen molar-refractivity contribution in [2.24, 2.45) is 0 Å². The number of hydrogen-bond acceptors (Lipinski definition) is 4. The van der Waals surface area contributed by atoms with Crippen molar-refractivity contribution in [1.29, 1.82) is 0 Å². The zero-order valence-corrected chi connectivity index (χ0v) is 17.8. The minimum atomic E-state index is -0.881. The summed E-state index contributed by atoms with van der Waals surface area (Å²) < 4.78 is 24.6. The number of rotatable bonds is 8. The Balaban J connectivity index is 1.54. The lowest BCUT2D eigenvalue weighted by Gasteiger charge is -2.39. The molecule has 0 aliphatic carbocycles. The smallest absolute Gasteiger partial charge is 0.194 e. The largest absolute Gasteiger partial charge is 0.385 e. The summed E-state index contributed by atoms with van der Waals surface area (Å²) in [7, 11) is 3.22. The fourth-order valence-electron chi connectivity index (χ4n) is 4.10. The highest BCUT2D eigenvalue weighted by Crippen LogP contribution is 2.35. The normalized spacial score (nSPS) is 17.4. The van der Waals surface area contributed by atoms with Gasteiger partial charge in [-0.2, -0.15) is 0 Å². The molecule has 1 aliphatic rings. The standard InChI is InChI=1S/C23H29ClFNO3/c1-28-23(29-2,19-6-10-21(25)11-7-19)12-3-15-26-16-13-22(27,14-17-26)18-4-8-20(24)9-5-18/h4-11,27H,3,12-17H2,1-2H3. The highest BCUT2D eigenvalue weighted by molar-refractivity contribution is 6.30. The first-order valence-electron chi connectivity index (χ1n) is 9.98. The van der Waals surface area contributed by atoms with E-state index in [1.54, 1.807) is 26.4 Å². The van der Waals surface area contributed by atoms with Crippen molar-refractivity contribution in [1.82, 2.24) is 4.90 Å². The van der Waals surface area contributed by atoms with Crippen molar-refractivity contribution in [3.05, 3.63) is 70.5 Å². The number of hydrogen-bond donors (Lipinski definition) is 1. The summed E-state index contributed by atoms with van der Waals surface area (Å²) >= 11 is 5.96. The van der Waals surface area contributed by atoms with Gasteiger partial charge < -0.3 is 19.5 Å². The quantitative estimate of drug-likeness (QED) is 0.628. The first kappa shape index (κ1) is 22.2. The minimum Gasteiger partial charge on any atom is -0.385 e. The molecule has 0 saturated carbocycles. The number of likely N-dealkylation sites (tertiary alicyclic amines) is 1. The van der Waals surface area contributed by atoms with Crippen molar-refractivity contribution in [3.63, 3.8) is 0 Å². The summed E-state index contributed by atoms with van der Waals surface area (Å²) in [5.74, 6) is -1.16. The molecule has 0 bridgehead atoms. The summed E-state index contributed by atoms with van der Waals surface area (Å²) in [5.41, 5.74) is 0.938. The summed E-state index contributed by atoms with van der Waals surface area (Å²) in [6.45, 7) is 2.53. The van der Waals surface area contributed by atoms with Gasteiger partial charge in [-0.25, -0.2) is 4.39 Å². The topological polar surface area (TPSA) is 41.9 Å². The van der Waals surface area contributed by atoms with Crippen molar-refractivity contribution < 1.29 is 19.0 Å². The number of methoxy groups -OCH3 is 2. The van der Waals surface area contributed by atoms with E-state index >= 15 is 0 Å². The second-order valence-electron chi connectivity index (χ2n) is 7.65. The van der Waals surface area contributed by atoms with Crippen LogP contribution in [-0.2, 0) is 20.9 Å². The molecule has 0 unspecified atom stereocenters. The number of aliphatic hydroxyl groups is 1. The van der Waals surface area contributed by atoms with Gasteiger partial charge in [0.05, 0.1) is 5.60 Å². The second kappa shape index (κ2) is 9.54. The van der Waals surface area contributed by atoms with Gasteiger partial charge >= 0.3 is 0 Å². The molecule has 2 aromatic carbocycles. The highest BCUT2D eigenvalue weighted by atomic mass is 35.5. The van der Waals surface area contributed by atoms with Crippen molar-refractivity contribution in [2.75, 3.05) is 33.9 Å². The Labute approximate surface area is 177 Å². The van der Waals surface area contributed by atoms with Gasteiger partial charge in [-0.1, -0.05) is 35.9 Å². The molecular weight excluding hydrogens is 393 g/mol. The van der Waals surface area contributed by atoms with Crippen LogP contribution in [-0.4, -0.2) is 43.9 Å². The zero-order valence-electron chi connectivity index (χ0n) is 17.0. The van der Waals surface area contributed by atoms with Gasteiger partial charge in [0, 0.05) is 44.3 Å². The average molecular weight is 422 g/mol. The van der Waals surface area contributed by atoms with E-state index in [1.807, 2.05) is 24.3 Å². The van der Waals surface area contributed by atoms with E-state index in [9.17, 15) is 9.50 Å². The number of ether oxygens (including phenoxy) is 2. The molecule has 0 aromatic heterocycles. The number of piperidine rings is 1. The van der Waals surface area contributed by atoms with E-state index in [4.69, 9.17) is 21.1 Å². The lowest BCUT2D eigenvalue weighted by molar-refractivity contribution is -0.221. The van der Waals surface area contributed by atoms with Gasteiger partial charge in [-0.3, -0.25) is 0 Å². The summed E-state index contributed by atoms with van der Waals surface area (Å²) in [5, 5.41) is 11.7. The molecule has 0 spiro atoms. The number of halogens is 2. The van der Waals surface area contributed by atoms with Crippen LogP contribution in [0.1, 0.15) is 36.8 Å². The predicted octanol–water partition coefficient (Wildman–Crippen LogP) is 4.69. The van der Waals surface area contributed by atoms with Crippen LogP contribution < -0.4 is 0 Å². The molecule has 2 aromatic rings. The molecule has 0 amide bonds. The van der Waals surface area contributed by atoms with Crippen LogP contribution in [0, 0.1) is 5.82 Å². The molecule has 4 nitrogen and oxygen atoms in total. The molecule has 1 heterocycles. The third-order valence-electron chi connectivity index (χ3n) is 5.99. The monoisotopic (exact) mass is 421 g/mol. The fourth-order valence-corrected chi connectivity index (χ4v) is 4.23. The molecule has 29 heavy (non-hydrogen) atoms. The maximum atomic E-state index is 13.3. The van der Waals surface area contributed by atoms with E-state index in [2.05, 4.69) is 4.90 Å². The Hall–Kier alpha value is -1.50. The Morgan fingerprint density at radius 2 is 1.62 bits per heavy atom. The van der Waals surface area contributed by atoms with Crippen molar-refractivity contribution >= 4 is 11.6 Å². The second-order valence-corrected chi connectivity index (χ2v) is 8.09. The van der Waals surface area contributed by atoms with Crippen molar-refractivity contribution in [3.8, 4) is 0 Å². The molecular formula is C23H29ClFNO3. The van der Waals surface area contributed by atoms with Gasteiger partial charge in [-0.15, -0.1) is 0 Å². The van der Waals surface area contributed by atoms with Crippen LogP contribution in [0.15, 0.2) is 48.5 Å². The molecule has 1 saturated heterocycles. The van der Waals surface area contributed by atoms with E-state index in [0.29, 0.717) is 24.3 Å². The molecule has 0 radical (unpaired) electrons. The highest BCUT2D eigenvalue weighted by Gasteiger charge is 2.35. The third-order valence-corrected chi connectivity index (χ3v) is 6.24. The minimum absolute atomic E-state index is 0.281. The fraction of sp³-hybridized carbons (Fsp3) is 0.478. The van der Waals surface area contributed by atoms with Gasteiger partial charge in [0.25, 0.3) is 0 Å². The van der Waals surface area contributed by atoms with Gasteiger partial charge in [0.15, 0.2) is 5.79 Å². The molecule has 0 atom stereocenters. The molecule has 1 aliphatic heterocycles. The predicted molar refractivity (Wildman–Crippen MR) is 112 cm³/mol. The first-order chi connectivity index (χ1) is 13.9. The molecule has 6 heteroatoms. The first-order valence-corrected chi connectivity index (χ1v) is 10.4. The average Bonchev–Trinajstić information content (AvgIpc) is 2.74. The Bertz CT molecular complexity index is 770. The van der Waals surface area contributed by atoms with Crippen LogP contribution in [0.4, 0.5) is 4.39 Å². The molecule has 1 fully saturated rings. The summed E-state index contributed by atoms with van der Waals surface area (Å²) in [4.78, 5) is 2.35. The molecule has 158 valence electrons. The Morgan fingerprint density at radius 3 is 2.17 bits per heavy atom. The van der Waals surface area contributed by atoms with E-state index in [0.717, 1.165) is 37.2 Å². The van der Waals surface area contributed by atoms with Crippen LogP contribution in [0.25, 0.3) is 0 Å². The maximum Gasteiger partial charge on any atom is 0.194 e. The summed E-state index contributed by atoms with van der Waals surface area (Å²) in [6.07, 6.45) is 2.89. The lowest BCUT2D eigenvalue weighted by atomic mass is 9.84. The van der Waals surface area contributed by atoms with Gasteiger partial charge in [0.1, 0.15) is 5.82 Å². The van der Waals surface area contributed by atoms with Crippen LogP contribution in [0.5, 0.6) is 0 Å². The molecule has 1 N–H and O–H groups in total. The molecule has 3 rings (SSSR count). The SMILES string of the molecule is COC(CCCN1CCC(O)(c2ccc(Cl)cc2)CC1)(OC)c1ccc(F)cc1.